The van der Waals surface area contributed by atoms with Crippen LogP contribution in [0.25, 0.3) is 0 Å². The standard InChI is InChI=1S/C10H13ClN2O2S/c11-10-8(12)1-2-9(13-10)7-3-5-16(14,15)6-4-7/h1-2,7H,3-6,12H2. The molecule has 2 rings (SSSR count). The van der Waals surface area contributed by atoms with Crippen molar-refractivity contribution in [2.75, 3.05) is 17.2 Å². The molecule has 2 heterocycles. The third-order valence-electron chi connectivity index (χ3n) is 2.87. The van der Waals surface area contributed by atoms with E-state index in [9.17, 15) is 8.42 Å². The lowest BCUT2D eigenvalue weighted by Crippen LogP contribution is -2.22. The molecule has 1 aromatic rings. The van der Waals surface area contributed by atoms with Gasteiger partial charge in [0.1, 0.15) is 9.84 Å². The molecule has 0 bridgehead atoms. The lowest BCUT2D eigenvalue weighted by molar-refractivity contribution is 0.544. The first kappa shape index (κ1) is 11.7. The summed E-state index contributed by atoms with van der Waals surface area (Å²) in [4.78, 5) is 4.19. The Morgan fingerprint density at radius 2 is 1.94 bits per heavy atom. The molecule has 0 aromatic carbocycles. The molecule has 16 heavy (non-hydrogen) atoms. The number of rotatable bonds is 1. The summed E-state index contributed by atoms with van der Waals surface area (Å²) in [6.45, 7) is 0. The Hall–Kier alpha value is -0.810. The van der Waals surface area contributed by atoms with Gasteiger partial charge in [-0.25, -0.2) is 13.4 Å². The summed E-state index contributed by atoms with van der Waals surface area (Å²) in [6, 6.07) is 3.54. The van der Waals surface area contributed by atoms with Crippen molar-refractivity contribution in [1.29, 1.82) is 0 Å². The van der Waals surface area contributed by atoms with Gasteiger partial charge in [0.25, 0.3) is 0 Å². The zero-order chi connectivity index (χ0) is 11.8. The van der Waals surface area contributed by atoms with E-state index in [0.29, 0.717) is 23.7 Å². The van der Waals surface area contributed by atoms with Gasteiger partial charge in [-0.3, -0.25) is 0 Å². The Bertz CT molecular complexity index is 488. The maximum absolute atomic E-state index is 11.3. The van der Waals surface area contributed by atoms with Crippen LogP contribution in [-0.2, 0) is 9.84 Å². The average molecular weight is 261 g/mol. The van der Waals surface area contributed by atoms with Crippen molar-refractivity contribution in [3.05, 3.63) is 23.0 Å². The van der Waals surface area contributed by atoms with Gasteiger partial charge in [-0.2, -0.15) is 0 Å². The monoisotopic (exact) mass is 260 g/mol. The van der Waals surface area contributed by atoms with Gasteiger partial charge < -0.3 is 5.73 Å². The summed E-state index contributed by atoms with van der Waals surface area (Å²) in [5.74, 6) is 0.657. The van der Waals surface area contributed by atoms with Crippen LogP contribution in [0, 0.1) is 0 Å². The molecule has 0 aliphatic carbocycles. The van der Waals surface area contributed by atoms with Crippen LogP contribution in [0.5, 0.6) is 0 Å². The summed E-state index contributed by atoms with van der Waals surface area (Å²) in [6.07, 6.45) is 1.24. The maximum atomic E-state index is 11.3. The minimum atomic E-state index is -2.83. The van der Waals surface area contributed by atoms with E-state index >= 15 is 0 Å². The number of hydrogen-bond acceptors (Lipinski definition) is 4. The molecule has 0 unspecified atom stereocenters. The zero-order valence-corrected chi connectivity index (χ0v) is 10.3. The van der Waals surface area contributed by atoms with E-state index in [1.807, 2.05) is 6.07 Å². The number of aromatic nitrogens is 1. The predicted octanol–water partition coefficient (Wildman–Crippen LogP) is 1.61. The van der Waals surface area contributed by atoms with Crippen LogP contribution in [0.1, 0.15) is 24.5 Å². The van der Waals surface area contributed by atoms with E-state index in [0.717, 1.165) is 5.69 Å². The van der Waals surface area contributed by atoms with Crippen molar-refractivity contribution in [1.82, 2.24) is 4.98 Å². The van der Waals surface area contributed by atoms with E-state index in [1.165, 1.54) is 0 Å². The van der Waals surface area contributed by atoms with Gasteiger partial charge in [0.2, 0.25) is 0 Å². The molecule has 1 aliphatic heterocycles. The lowest BCUT2D eigenvalue weighted by atomic mass is 9.98. The number of hydrogen-bond donors (Lipinski definition) is 1. The fraction of sp³-hybridized carbons (Fsp3) is 0.500. The molecule has 0 atom stereocenters. The van der Waals surface area contributed by atoms with Crippen LogP contribution in [-0.4, -0.2) is 24.9 Å². The van der Waals surface area contributed by atoms with Gasteiger partial charge in [-0.1, -0.05) is 11.6 Å². The van der Waals surface area contributed by atoms with Crippen molar-refractivity contribution >= 4 is 27.1 Å². The number of nitrogens with zero attached hydrogens (tertiary/aromatic N) is 1. The van der Waals surface area contributed by atoms with Gasteiger partial charge in [0.05, 0.1) is 17.2 Å². The second-order valence-corrected chi connectivity index (χ2v) is 6.70. The molecular weight excluding hydrogens is 248 g/mol. The van der Waals surface area contributed by atoms with Crippen LogP contribution >= 0.6 is 11.6 Å². The SMILES string of the molecule is Nc1ccc(C2CCS(=O)(=O)CC2)nc1Cl. The first-order valence-electron chi connectivity index (χ1n) is 5.10. The zero-order valence-electron chi connectivity index (χ0n) is 8.69. The second-order valence-electron chi connectivity index (χ2n) is 4.04. The van der Waals surface area contributed by atoms with Crippen LogP contribution < -0.4 is 5.73 Å². The highest BCUT2D eigenvalue weighted by Gasteiger charge is 2.25. The number of anilines is 1. The van der Waals surface area contributed by atoms with E-state index in [1.54, 1.807) is 6.07 Å². The van der Waals surface area contributed by atoms with Crippen molar-refractivity contribution in [2.24, 2.45) is 0 Å². The molecule has 0 saturated carbocycles. The molecule has 6 heteroatoms. The first-order chi connectivity index (χ1) is 7.48. The molecule has 0 radical (unpaired) electrons. The van der Waals surface area contributed by atoms with E-state index in [4.69, 9.17) is 17.3 Å². The Morgan fingerprint density at radius 3 is 2.50 bits per heavy atom. The third kappa shape index (κ3) is 2.47. The molecule has 1 saturated heterocycles. The van der Waals surface area contributed by atoms with E-state index < -0.39 is 9.84 Å². The van der Waals surface area contributed by atoms with Gasteiger partial charge in [-0.05, 0) is 25.0 Å². The van der Waals surface area contributed by atoms with Crippen molar-refractivity contribution < 1.29 is 8.42 Å². The van der Waals surface area contributed by atoms with Crippen LogP contribution in [0.15, 0.2) is 12.1 Å². The number of sulfone groups is 1. The summed E-state index contributed by atoms with van der Waals surface area (Å²) >= 11 is 5.83. The smallest absolute Gasteiger partial charge is 0.152 e. The topological polar surface area (TPSA) is 73.1 Å². The number of nitrogen functional groups attached to an aromatic ring is 1. The van der Waals surface area contributed by atoms with E-state index in [-0.39, 0.29) is 17.4 Å². The van der Waals surface area contributed by atoms with Crippen LogP contribution in [0.2, 0.25) is 5.15 Å². The lowest BCUT2D eigenvalue weighted by Gasteiger charge is -2.21. The second kappa shape index (κ2) is 4.22. The van der Waals surface area contributed by atoms with Crippen molar-refractivity contribution in [3.63, 3.8) is 0 Å². The third-order valence-corrected chi connectivity index (χ3v) is 4.89. The molecule has 1 fully saturated rings. The molecule has 0 amide bonds. The average Bonchev–Trinajstić information content (AvgIpc) is 2.22. The molecule has 2 N–H and O–H groups in total. The Labute approximate surface area is 99.7 Å². The fourth-order valence-corrected chi connectivity index (χ4v) is 3.52. The summed E-state index contributed by atoms with van der Waals surface area (Å²) < 4.78 is 22.6. The Morgan fingerprint density at radius 1 is 1.31 bits per heavy atom. The highest BCUT2D eigenvalue weighted by molar-refractivity contribution is 7.91. The molecule has 1 aliphatic rings. The highest BCUT2D eigenvalue weighted by atomic mass is 35.5. The van der Waals surface area contributed by atoms with E-state index in [2.05, 4.69) is 4.98 Å². The molecule has 0 spiro atoms. The van der Waals surface area contributed by atoms with Gasteiger partial charge in [-0.15, -0.1) is 0 Å². The Kier molecular flexibility index (Phi) is 3.08. The van der Waals surface area contributed by atoms with Crippen LogP contribution in [0.4, 0.5) is 5.69 Å². The number of halogens is 1. The quantitative estimate of drug-likeness (QED) is 0.779. The Balaban J connectivity index is 2.17. The molecular formula is C10H13ClN2O2S. The predicted molar refractivity (Wildman–Crippen MR) is 64.3 cm³/mol. The number of nitrogens with two attached hydrogens (primary N) is 1. The molecule has 4 nitrogen and oxygen atoms in total. The van der Waals surface area contributed by atoms with Gasteiger partial charge in [0.15, 0.2) is 5.15 Å². The number of pyridine rings is 1. The molecule has 88 valence electrons. The minimum Gasteiger partial charge on any atom is -0.396 e. The fourth-order valence-electron chi connectivity index (χ4n) is 1.87. The summed E-state index contributed by atoms with van der Waals surface area (Å²) in [5.41, 5.74) is 6.87. The normalized spacial score (nSPS) is 20.8. The largest absolute Gasteiger partial charge is 0.396 e. The maximum Gasteiger partial charge on any atom is 0.152 e. The van der Waals surface area contributed by atoms with Gasteiger partial charge in [0, 0.05) is 11.6 Å². The summed E-state index contributed by atoms with van der Waals surface area (Å²) in [5, 5.41) is 0.297. The first-order valence-corrected chi connectivity index (χ1v) is 7.30. The van der Waals surface area contributed by atoms with Crippen LogP contribution in [0.3, 0.4) is 0 Å². The van der Waals surface area contributed by atoms with Crippen molar-refractivity contribution in [3.8, 4) is 0 Å². The molecule has 1 aromatic heterocycles. The van der Waals surface area contributed by atoms with Gasteiger partial charge >= 0.3 is 0 Å². The highest BCUT2D eigenvalue weighted by Crippen LogP contribution is 2.29. The van der Waals surface area contributed by atoms with Crippen molar-refractivity contribution in [2.45, 2.75) is 18.8 Å². The minimum absolute atomic E-state index is 0.182. The summed E-state index contributed by atoms with van der Waals surface area (Å²) in [7, 11) is -2.83.